The Morgan fingerprint density at radius 1 is 1.08 bits per heavy atom. The zero-order valence-electron chi connectivity index (χ0n) is 14.1. The lowest BCUT2D eigenvalue weighted by Crippen LogP contribution is -2.42. The van der Waals surface area contributed by atoms with Crippen molar-refractivity contribution in [2.75, 3.05) is 20.1 Å². The smallest absolute Gasteiger partial charge is 0.308 e. The molecule has 1 fully saturated rings. The van der Waals surface area contributed by atoms with Crippen LogP contribution in [0.25, 0.3) is 0 Å². The number of esters is 1. The molecule has 0 saturated carbocycles. The van der Waals surface area contributed by atoms with Crippen LogP contribution in [-0.2, 0) is 4.79 Å². The minimum atomic E-state index is -0.325. The first-order valence-corrected chi connectivity index (χ1v) is 8.30. The number of hydrogen-bond acceptors (Lipinski definition) is 4. The third-order valence-electron chi connectivity index (χ3n) is 4.33. The molecule has 1 saturated heterocycles. The molecule has 1 aliphatic rings. The van der Waals surface area contributed by atoms with Crippen molar-refractivity contribution in [3.05, 3.63) is 60.2 Å². The van der Waals surface area contributed by atoms with Gasteiger partial charge in [-0.2, -0.15) is 0 Å². The molecule has 2 aromatic rings. The van der Waals surface area contributed by atoms with Gasteiger partial charge in [0, 0.05) is 32.0 Å². The number of rotatable bonds is 4. The van der Waals surface area contributed by atoms with E-state index in [-0.39, 0.29) is 12.1 Å². The van der Waals surface area contributed by atoms with Crippen LogP contribution in [0.1, 0.15) is 24.8 Å². The number of carbonyl (C=O) groups excluding carboxylic acids is 1. The van der Waals surface area contributed by atoms with Gasteiger partial charge in [0.15, 0.2) is 0 Å². The Balaban J connectivity index is 1.78. The van der Waals surface area contributed by atoms with E-state index in [4.69, 9.17) is 9.47 Å². The molecule has 0 amide bonds. The second-order valence-corrected chi connectivity index (χ2v) is 6.29. The summed E-state index contributed by atoms with van der Waals surface area (Å²) in [6, 6.07) is 17.8. The van der Waals surface area contributed by atoms with Crippen LogP contribution in [0.3, 0.4) is 0 Å². The lowest BCUT2D eigenvalue weighted by atomic mass is 9.88. The van der Waals surface area contributed by atoms with Crippen molar-refractivity contribution in [2.45, 2.75) is 25.4 Å². The van der Waals surface area contributed by atoms with Crippen LogP contribution in [0.5, 0.6) is 11.5 Å². The molecule has 24 heavy (non-hydrogen) atoms. The zero-order chi connectivity index (χ0) is 16.9. The molecule has 4 heteroatoms. The van der Waals surface area contributed by atoms with Crippen LogP contribution in [-0.4, -0.2) is 37.1 Å². The van der Waals surface area contributed by atoms with Crippen molar-refractivity contribution in [3.8, 4) is 11.5 Å². The lowest BCUT2D eigenvalue weighted by molar-refractivity contribution is -0.131. The Morgan fingerprint density at radius 2 is 1.83 bits per heavy atom. The van der Waals surface area contributed by atoms with Gasteiger partial charge in [-0.05, 0) is 31.2 Å². The molecule has 3 rings (SSSR count). The number of benzene rings is 2. The van der Waals surface area contributed by atoms with Crippen molar-refractivity contribution in [3.63, 3.8) is 0 Å². The summed E-state index contributed by atoms with van der Waals surface area (Å²) in [6.07, 6.45) is 1.07. The fourth-order valence-corrected chi connectivity index (χ4v) is 3.21. The van der Waals surface area contributed by atoms with Gasteiger partial charge in [-0.25, -0.2) is 0 Å². The average Bonchev–Trinajstić information content (AvgIpc) is 2.57. The summed E-state index contributed by atoms with van der Waals surface area (Å²) < 4.78 is 11.4. The maximum Gasteiger partial charge on any atom is 0.308 e. The van der Waals surface area contributed by atoms with E-state index in [2.05, 4.69) is 36.2 Å². The van der Waals surface area contributed by atoms with E-state index in [1.165, 1.54) is 12.5 Å². The van der Waals surface area contributed by atoms with Gasteiger partial charge in [-0.15, -0.1) is 0 Å². The van der Waals surface area contributed by atoms with Crippen LogP contribution < -0.4 is 9.47 Å². The number of likely N-dealkylation sites (N-methyl/N-ethyl adjacent to an activating group) is 1. The van der Waals surface area contributed by atoms with Crippen molar-refractivity contribution in [1.82, 2.24) is 4.90 Å². The predicted octanol–water partition coefficient (Wildman–Crippen LogP) is 3.48. The molecule has 126 valence electrons. The van der Waals surface area contributed by atoms with Gasteiger partial charge in [-0.1, -0.05) is 36.4 Å². The van der Waals surface area contributed by atoms with Crippen LogP contribution in [0.15, 0.2) is 54.6 Å². The fraction of sp³-hybridized carbons (Fsp3) is 0.350. The summed E-state index contributed by atoms with van der Waals surface area (Å²) in [5, 5.41) is 0. The molecule has 4 nitrogen and oxygen atoms in total. The van der Waals surface area contributed by atoms with E-state index in [0.717, 1.165) is 25.3 Å². The first kappa shape index (κ1) is 16.5. The second-order valence-electron chi connectivity index (χ2n) is 6.29. The highest BCUT2D eigenvalue weighted by Gasteiger charge is 2.30. The number of piperidine rings is 1. The predicted molar refractivity (Wildman–Crippen MR) is 93.5 cm³/mol. The Bertz CT molecular complexity index is 686. The molecule has 0 radical (unpaired) electrons. The minimum absolute atomic E-state index is 0.108. The number of nitrogens with zero attached hydrogens (tertiary/aromatic N) is 1. The molecular weight excluding hydrogens is 302 g/mol. The Kier molecular flexibility index (Phi) is 5.16. The summed E-state index contributed by atoms with van der Waals surface area (Å²) in [6.45, 7) is 3.38. The fourth-order valence-electron chi connectivity index (χ4n) is 3.21. The van der Waals surface area contributed by atoms with Crippen molar-refractivity contribution in [1.29, 1.82) is 0 Å². The van der Waals surface area contributed by atoms with Gasteiger partial charge < -0.3 is 14.4 Å². The van der Waals surface area contributed by atoms with Gasteiger partial charge in [0.25, 0.3) is 0 Å². The third-order valence-corrected chi connectivity index (χ3v) is 4.33. The molecule has 0 spiro atoms. The van der Waals surface area contributed by atoms with E-state index in [9.17, 15) is 4.79 Å². The van der Waals surface area contributed by atoms with Gasteiger partial charge in [0.2, 0.25) is 0 Å². The molecule has 2 aromatic carbocycles. The summed E-state index contributed by atoms with van der Waals surface area (Å²) in [7, 11) is 2.15. The molecule has 2 atom stereocenters. The van der Waals surface area contributed by atoms with E-state index in [1.54, 1.807) is 12.1 Å². The zero-order valence-corrected chi connectivity index (χ0v) is 14.1. The van der Waals surface area contributed by atoms with Crippen LogP contribution in [0.4, 0.5) is 0 Å². The van der Waals surface area contributed by atoms with E-state index < -0.39 is 0 Å². The van der Waals surface area contributed by atoms with Gasteiger partial charge in [0.05, 0.1) is 0 Å². The monoisotopic (exact) mass is 325 g/mol. The number of ether oxygens (including phenoxy) is 2. The van der Waals surface area contributed by atoms with Gasteiger partial charge in [0.1, 0.15) is 17.6 Å². The lowest BCUT2D eigenvalue weighted by Gasteiger charge is -2.37. The van der Waals surface area contributed by atoms with Gasteiger partial charge >= 0.3 is 5.97 Å². The molecule has 0 aliphatic carbocycles. The normalized spacial score (nSPS) is 21.2. The van der Waals surface area contributed by atoms with E-state index >= 15 is 0 Å². The summed E-state index contributed by atoms with van der Waals surface area (Å²) in [4.78, 5) is 13.5. The van der Waals surface area contributed by atoms with Crippen LogP contribution in [0, 0.1) is 0 Å². The Morgan fingerprint density at radius 3 is 2.58 bits per heavy atom. The molecule has 0 unspecified atom stereocenters. The molecule has 0 N–H and O–H groups in total. The molecule has 1 heterocycles. The summed E-state index contributed by atoms with van der Waals surface area (Å²) in [5.74, 6) is 1.25. The van der Waals surface area contributed by atoms with Crippen LogP contribution >= 0.6 is 0 Å². The number of likely N-dealkylation sites (tertiary alicyclic amines) is 1. The average molecular weight is 325 g/mol. The topological polar surface area (TPSA) is 38.8 Å². The first-order chi connectivity index (χ1) is 11.6. The Hall–Kier alpha value is -2.33. The van der Waals surface area contributed by atoms with Crippen molar-refractivity contribution < 1.29 is 14.3 Å². The van der Waals surface area contributed by atoms with Crippen molar-refractivity contribution >= 4 is 5.97 Å². The summed E-state index contributed by atoms with van der Waals surface area (Å²) in [5.41, 5.74) is 1.30. The largest absolute Gasteiger partial charge is 0.490 e. The SMILES string of the molecule is CC(=O)Oc1cccc(O[C@H]2CCN(C)C[C@@H]2c2ccccc2)c1. The molecular formula is C20H23NO3. The highest BCUT2D eigenvalue weighted by molar-refractivity contribution is 5.69. The molecule has 0 aromatic heterocycles. The Labute approximate surface area is 143 Å². The quantitative estimate of drug-likeness (QED) is 0.637. The van der Waals surface area contributed by atoms with Crippen LogP contribution in [0.2, 0.25) is 0 Å². The molecule has 1 aliphatic heterocycles. The van der Waals surface area contributed by atoms with E-state index in [1.807, 2.05) is 18.2 Å². The van der Waals surface area contributed by atoms with E-state index in [0.29, 0.717) is 11.7 Å². The highest BCUT2D eigenvalue weighted by Crippen LogP contribution is 2.31. The maximum absolute atomic E-state index is 11.1. The standard InChI is InChI=1S/C20H23NO3/c1-15(22)23-17-9-6-10-18(13-17)24-20-11-12-21(2)14-19(20)16-7-4-3-5-8-16/h3-10,13,19-20H,11-12,14H2,1-2H3/t19-,20+/m1/s1. The van der Waals surface area contributed by atoms with Gasteiger partial charge in [-0.3, -0.25) is 4.79 Å². The maximum atomic E-state index is 11.1. The number of hydrogen-bond donors (Lipinski definition) is 0. The molecule has 0 bridgehead atoms. The number of carbonyl (C=O) groups is 1. The third kappa shape index (κ3) is 4.15. The minimum Gasteiger partial charge on any atom is -0.490 e. The van der Waals surface area contributed by atoms with Crippen molar-refractivity contribution in [2.24, 2.45) is 0 Å². The highest BCUT2D eigenvalue weighted by atomic mass is 16.5. The summed E-state index contributed by atoms with van der Waals surface area (Å²) >= 11 is 0. The second kappa shape index (κ2) is 7.49. The first-order valence-electron chi connectivity index (χ1n) is 8.30.